The molecule has 0 aromatic heterocycles. The van der Waals surface area contributed by atoms with Crippen LogP contribution in [0.2, 0.25) is 0 Å². The molecule has 4 heteroatoms. The van der Waals surface area contributed by atoms with Crippen LogP contribution in [0.25, 0.3) is 0 Å². The Morgan fingerprint density at radius 3 is 2.58 bits per heavy atom. The van der Waals surface area contributed by atoms with E-state index in [-0.39, 0.29) is 0 Å². The maximum absolute atomic E-state index is 11.8. The molecule has 0 fully saturated rings. The van der Waals surface area contributed by atoms with Gasteiger partial charge in [0.2, 0.25) is 0 Å². The molecule has 0 radical (unpaired) electrons. The van der Waals surface area contributed by atoms with Gasteiger partial charge in [-0.3, -0.25) is 4.55 Å². The first-order chi connectivity index (χ1) is 8.86. The molecule has 1 aliphatic carbocycles. The standard InChI is InChI=1S/C15H24O3S/c1-4-6-7-8-10-15(19(16,17)18)11-9-14(5-2)13(3)12-15/h5,9,11H,2,4,6-8,10,12H2,1,3H3,(H,16,17,18). The van der Waals surface area contributed by atoms with Crippen LogP contribution in [0.1, 0.15) is 52.4 Å². The Morgan fingerprint density at radius 2 is 2.11 bits per heavy atom. The zero-order chi connectivity index (χ0) is 14.5. The summed E-state index contributed by atoms with van der Waals surface area (Å²) in [5, 5.41) is 0. The van der Waals surface area contributed by atoms with E-state index in [1.807, 2.05) is 6.92 Å². The van der Waals surface area contributed by atoms with Gasteiger partial charge in [-0.2, -0.15) is 8.42 Å². The molecular formula is C15H24O3S. The fourth-order valence-electron chi connectivity index (χ4n) is 2.56. The largest absolute Gasteiger partial charge is 0.285 e. The summed E-state index contributed by atoms with van der Waals surface area (Å²) in [6.45, 7) is 7.72. The third-order valence-corrected chi connectivity index (χ3v) is 5.32. The molecule has 1 rings (SSSR count). The van der Waals surface area contributed by atoms with Gasteiger partial charge in [0.1, 0.15) is 4.75 Å². The lowest BCUT2D eigenvalue weighted by Gasteiger charge is -2.31. The van der Waals surface area contributed by atoms with Crippen LogP contribution < -0.4 is 0 Å². The van der Waals surface area contributed by atoms with Crippen molar-refractivity contribution in [3.63, 3.8) is 0 Å². The predicted molar refractivity (Wildman–Crippen MR) is 79.7 cm³/mol. The van der Waals surface area contributed by atoms with Crippen molar-refractivity contribution in [3.05, 3.63) is 36.0 Å². The number of hydrogen-bond acceptors (Lipinski definition) is 2. The van der Waals surface area contributed by atoms with Crippen LogP contribution in [-0.2, 0) is 10.1 Å². The van der Waals surface area contributed by atoms with Crippen molar-refractivity contribution in [3.8, 4) is 0 Å². The Morgan fingerprint density at radius 1 is 1.42 bits per heavy atom. The Hall–Kier alpha value is -0.870. The second kappa shape index (κ2) is 6.53. The summed E-state index contributed by atoms with van der Waals surface area (Å²) in [5.41, 5.74) is 1.92. The van der Waals surface area contributed by atoms with Crippen molar-refractivity contribution in [1.29, 1.82) is 0 Å². The molecule has 1 aliphatic rings. The molecule has 0 saturated carbocycles. The van der Waals surface area contributed by atoms with Gasteiger partial charge in [0.25, 0.3) is 10.1 Å². The molecule has 0 aliphatic heterocycles. The van der Waals surface area contributed by atoms with E-state index in [1.165, 1.54) is 0 Å². The predicted octanol–water partition coefficient (Wildman–Crippen LogP) is 4.05. The Kier molecular flexibility index (Phi) is 5.56. The molecule has 1 N–H and O–H groups in total. The average molecular weight is 284 g/mol. The van der Waals surface area contributed by atoms with Gasteiger partial charge in [0.15, 0.2) is 0 Å². The highest BCUT2D eigenvalue weighted by Gasteiger charge is 2.41. The first-order valence-corrected chi connectivity index (χ1v) is 8.29. The molecule has 0 heterocycles. The summed E-state index contributed by atoms with van der Waals surface area (Å²) in [6.07, 6.45) is 9.97. The first-order valence-electron chi connectivity index (χ1n) is 6.85. The van der Waals surface area contributed by atoms with Crippen LogP contribution in [0.3, 0.4) is 0 Å². The number of rotatable bonds is 7. The second-order valence-corrected chi connectivity index (χ2v) is 7.06. The van der Waals surface area contributed by atoms with Gasteiger partial charge >= 0.3 is 0 Å². The van der Waals surface area contributed by atoms with E-state index in [2.05, 4.69) is 13.5 Å². The Labute approximate surface area is 116 Å². The smallest absolute Gasteiger partial charge is 0.274 e. The fraction of sp³-hybridized carbons (Fsp3) is 0.600. The molecular weight excluding hydrogens is 260 g/mol. The fourth-order valence-corrected chi connectivity index (χ4v) is 3.61. The number of unbranched alkanes of at least 4 members (excludes halogenated alkanes) is 3. The van der Waals surface area contributed by atoms with Crippen molar-refractivity contribution in [2.75, 3.05) is 0 Å². The molecule has 0 aromatic carbocycles. The van der Waals surface area contributed by atoms with Crippen LogP contribution in [0.15, 0.2) is 36.0 Å². The lowest BCUT2D eigenvalue weighted by Crippen LogP contribution is -2.38. The zero-order valence-corrected chi connectivity index (χ0v) is 12.7. The van der Waals surface area contributed by atoms with Crippen LogP contribution in [-0.4, -0.2) is 17.7 Å². The van der Waals surface area contributed by atoms with Gasteiger partial charge < -0.3 is 0 Å². The third kappa shape index (κ3) is 3.80. The van der Waals surface area contributed by atoms with Crippen LogP contribution >= 0.6 is 0 Å². The highest BCUT2D eigenvalue weighted by Crippen LogP contribution is 2.37. The molecule has 0 bridgehead atoms. The molecule has 3 nitrogen and oxygen atoms in total. The molecule has 19 heavy (non-hydrogen) atoms. The van der Waals surface area contributed by atoms with Gasteiger partial charge in [0.05, 0.1) is 0 Å². The van der Waals surface area contributed by atoms with Gasteiger partial charge in [-0.25, -0.2) is 0 Å². The molecule has 0 aromatic rings. The zero-order valence-electron chi connectivity index (χ0n) is 11.9. The van der Waals surface area contributed by atoms with Crippen molar-refractivity contribution in [2.24, 2.45) is 0 Å². The van der Waals surface area contributed by atoms with E-state index in [0.717, 1.165) is 36.8 Å². The van der Waals surface area contributed by atoms with Gasteiger partial charge in [-0.1, -0.05) is 63.0 Å². The Bertz CT molecular complexity index is 486. The lowest BCUT2D eigenvalue weighted by atomic mass is 9.86. The van der Waals surface area contributed by atoms with E-state index < -0.39 is 14.9 Å². The topological polar surface area (TPSA) is 54.4 Å². The van der Waals surface area contributed by atoms with E-state index in [0.29, 0.717) is 12.8 Å². The second-order valence-electron chi connectivity index (χ2n) is 5.30. The van der Waals surface area contributed by atoms with Crippen LogP contribution in [0, 0.1) is 0 Å². The average Bonchev–Trinajstić information content (AvgIpc) is 2.33. The lowest BCUT2D eigenvalue weighted by molar-refractivity contribution is 0.424. The molecule has 0 saturated heterocycles. The quantitative estimate of drug-likeness (QED) is 0.567. The van der Waals surface area contributed by atoms with Gasteiger partial charge in [-0.05, 0) is 25.3 Å². The molecule has 1 atom stereocenters. The summed E-state index contributed by atoms with van der Waals surface area (Å²) >= 11 is 0. The van der Waals surface area contributed by atoms with Crippen molar-refractivity contribution < 1.29 is 13.0 Å². The van der Waals surface area contributed by atoms with Crippen molar-refractivity contribution in [2.45, 2.75) is 57.1 Å². The van der Waals surface area contributed by atoms with E-state index >= 15 is 0 Å². The maximum atomic E-state index is 11.8. The minimum atomic E-state index is -4.09. The summed E-state index contributed by atoms with van der Waals surface area (Å²) in [7, 11) is -4.09. The molecule has 108 valence electrons. The Balaban J connectivity index is 2.91. The normalized spacial score (nSPS) is 23.7. The number of allylic oxidation sites excluding steroid dienone is 4. The SMILES string of the molecule is C=CC1=C(C)CC(CCCCCC)(S(=O)(=O)O)C=C1. The summed E-state index contributed by atoms with van der Waals surface area (Å²) in [4.78, 5) is 0. The van der Waals surface area contributed by atoms with Crippen LogP contribution in [0.4, 0.5) is 0 Å². The number of hydrogen-bond donors (Lipinski definition) is 1. The summed E-state index contributed by atoms with van der Waals surface area (Å²) in [6, 6.07) is 0. The molecule has 0 amide bonds. The minimum Gasteiger partial charge on any atom is -0.285 e. The summed E-state index contributed by atoms with van der Waals surface area (Å²) < 4.78 is 32.0. The first kappa shape index (κ1) is 16.2. The molecule has 1 unspecified atom stereocenters. The van der Waals surface area contributed by atoms with Crippen molar-refractivity contribution >= 4 is 10.1 Å². The van der Waals surface area contributed by atoms with Gasteiger partial charge in [0, 0.05) is 0 Å². The van der Waals surface area contributed by atoms with Crippen molar-refractivity contribution in [1.82, 2.24) is 0 Å². The maximum Gasteiger partial charge on any atom is 0.274 e. The monoisotopic (exact) mass is 284 g/mol. The summed E-state index contributed by atoms with van der Waals surface area (Å²) in [5.74, 6) is 0. The van der Waals surface area contributed by atoms with Crippen LogP contribution in [0.5, 0.6) is 0 Å². The highest BCUT2D eigenvalue weighted by molar-refractivity contribution is 7.87. The highest BCUT2D eigenvalue weighted by atomic mass is 32.2. The van der Waals surface area contributed by atoms with Gasteiger partial charge in [-0.15, -0.1) is 0 Å². The van der Waals surface area contributed by atoms with E-state index in [9.17, 15) is 13.0 Å². The third-order valence-electron chi connectivity index (χ3n) is 3.81. The minimum absolute atomic E-state index is 0.357. The van der Waals surface area contributed by atoms with E-state index in [1.54, 1.807) is 18.2 Å². The van der Waals surface area contributed by atoms with E-state index in [4.69, 9.17) is 0 Å². The molecule has 0 spiro atoms.